The average Bonchev–Trinajstić information content (AvgIpc) is 3.80. The maximum atomic E-state index is 6.36. The molecule has 0 radical (unpaired) electrons. The molecule has 1 N–H and O–H groups in total. The van der Waals surface area contributed by atoms with Gasteiger partial charge in [0.05, 0.1) is 26.5 Å². The van der Waals surface area contributed by atoms with Crippen molar-refractivity contribution in [1.82, 2.24) is 34.8 Å². The van der Waals surface area contributed by atoms with Crippen molar-refractivity contribution in [3.05, 3.63) is 102 Å². The highest BCUT2D eigenvalue weighted by Crippen LogP contribution is 2.39. The topological polar surface area (TPSA) is 107 Å². The molecule has 7 aromatic rings. The van der Waals surface area contributed by atoms with E-state index in [1.54, 1.807) is 17.5 Å². The summed E-state index contributed by atoms with van der Waals surface area (Å²) in [5.41, 5.74) is 7.36. The molecule has 10 nitrogen and oxygen atoms in total. The molecule has 0 aliphatic rings. The predicted octanol–water partition coefficient (Wildman–Crippen LogP) is 8.37. The van der Waals surface area contributed by atoms with Gasteiger partial charge in [0.2, 0.25) is 0 Å². The average molecular weight is 631 g/mol. The second-order valence-corrected chi connectivity index (χ2v) is 12.5. The number of anilines is 2. The zero-order valence-electron chi connectivity index (χ0n) is 26.1. The molecular formula is C35H34N8O2S. The molecular weight excluding hydrogens is 597 g/mol. The van der Waals surface area contributed by atoms with Gasteiger partial charge in [0.25, 0.3) is 6.01 Å². The lowest BCUT2D eigenvalue weighted by Gasteiger charge is -2.25. The highest BCUT2D eigenvalue weighted by atomic mass is 32.1. The number of nitrogens with zero attached hydrogens (tertiary/aromatic N) is 7. The number of aromatic nitrogens is 6. The Morgan fingerprint density at radius 3 is 2.61 bits per heavy atom. The minimum absolute atomic E-state index is 0.348. The second kappa shape index (κ2) is 12.7. The van der Waals surface area contributed by atoms with Crippen LogP contribution in [0.25, 0.3) is 31.9 Å². The lowest BCUT2D eigenvalue weighted by molar-refractivity contribution is 0.201. The van der Waals surface area contributed by atoms with Crippen LogP contribution in [0.1, 0.15) is 37.6 Å². The van der Waals surface area contributed by atoms with Gasteiger partial charge in [0.1, 0.15) is 17.0 Å². The summed E-state index contributed by atoms with van der Waals surface area (Å²) in [6, 6.07) is 22.7. The van der Waals surface area contributed by atoms with E-state index >= 15 is 0 Å². The fraction of sp³-hybridized carbons (Fsp3) is 0.229. The van der Waals surface area contributed by atoms with Gasteiger partial charge < -0.3 is 14.5 Å². The number of ether oxygens (including phenoxy) is 1. The van der Waals surface area contributed by atoms with E-state index < -0.39 is 0 Å². The van der Waals surface area contributed by atoms with Crippen LogP contribution in [0.15, 0.2) is 89.7 Å². The smallest absolute Gasteiger partial charge is 0.300 e. The Bertz CT molecular complexity index is 2100. The van der Waals surface area contributed by atoms with Gasteiger partial charge >= 0.3 is 0 Å². The normalized spacial score (nSPS) is 11.7. The van der Waals surface area contributed by atoms with E-state index in [4.69, 9.17) is 14.1 Å². The number of rotatable bonds is 11. The summed E-state index contributed by atoms with van der Waals surface area (Å²) in [4.78, 5) is 17.4. The van der Waals surface area contributed by atoms with Crippen LogP contribution in [-0.2, 0) is 19.6 Å². The quantitative estimate of drug-likeness (QED) is 0.151. The van der Waals surface area contributed by atoms with Gasteiger partial charge in [-0.2, -0.15) is 4.98 Å². The lowest BCUT2D eigenvalue weighted by atomic mass is 10.2. The number of hydrogen-bond donors (Lipinski definition) is 1. The van der Waals surface area contributed by atoms with Gasteiger partial charge in [-0.1, -0.05) is 29.0 Å². The Labute approximate surface area is 270 Å². The molecule has 7 rings (SSSR count). The molecule has 2 aromatic carbocycles. The Morgan fingerprint density at radius 2 is 1.85 bits per heavy atom. The first-order valence-electron chi connectivity index (χ1n) is 15.3. The van der Waals surface area contributed by atoms with Crippen molar-refractivity contribution in [2.45, 2.75) is 53.4 Å². The van der Waals surface area contributed by atoms with Crippen LogP contribution < -0.4 is 10.1 Å². The number of benzene rings is 2. The molecule has 0 saturated heterocycles. The first-order valence-corrected chi connectivity index (χ1v) is 16.1. The summed E-state index contributed by atoms with van der Waals surface area (Å²) >= 11 is 1.61. The molecule has 232 valence electrons. The molecule has 46 heavy (non-hydrogen) atoms. The standard InChI is InChI=1S/C35H34N8O2S/c1-5-43-21-26(40-41-43)20-42(22(2)3)19-24-8-12-28(37-18-24)33-17-30-34(46-33)32(14-15-36-30)44-27-11-13-31-29(16-27)39-35(45-31)38-25-9-6-23(4)7-10-25/h6-18,21-22H,5,19-20H2,1-4H3,(H,38,39). The first kappa shape index (κ1) is 29.6. The second-order valence-electron chi connectivity index (χ2n) is 11.5. The molecule has 0 aliphatic carbocycles. The molecule has 0 amide bonds. The SMILES string of the molecule is CCn1cc(CN(Cc2ccc(-c3cc4nccc(Oc5ccc6oc(Nc7ccc(C)cc7)nc6c5)c4s3)nc2)C(C)C)nn1. The number of pyridine rings is 2. The van der Waals surface area contributed by atoms with Crippen molar-refractivity contribution in [3.63, 3.8) is 0 Å². The first-order chi connectivity index (χ1) is 22.4. The van der Waals surface area contributed by atoms with E-state index in [-0.39, 0.29) is 0 Å². The van der Waals surface area contributed by atoms with Gasteiger partial charge in [-0.25, -0.2) is 0 Å². The van der Waals surface area contributed by atoms with E-state index in [0.717, 1.165) is 63.1 Å². The van der Waals surface area contributed by atoms with E-state index in [1.807, 2.05) is 65.6 Å². The van der Waals surface area contributed by atoms with Gasteiger partial charge in [0, 0.05) is 62.1 Å². The predicted molar refractivity (Wildman–Crippen MR) is 181 cm³/mol. The third-order valence-corrected chi connectivity index (χ3v) is 8.90. The van der Waals surface area contributed by atoms with Crippen LogP contribution in [0.4, 0.5) is 11.7 Å². The third kappa shape index (κ3) is 6.46. The summed E-state index contributed by atoms with van der Waals surface area (Å²) in [6.45, 7) is 10.8. The number of aryl methyl sites for hydroxylation is 2. The van der Waals surface area contributed by atoms with E-state index in [1.165, 1.54) is 5.56 Å². The number of thiophene rings is 1. The van der Waals surface area contributed by atoms with E-state index in [0.29, 0.717) is 28.9 Å². The van der Waals surface area contributed by atoms with Gasteiger partial charge in [-0.15, -0.1) is 16.4 Å². The van der Waals surface area contributed by atoms with E-state index in [9.17, 15) is 0 Å². The summed E-state index contributed by atoms with van der Waals surface area (Å²) in [7, 11) is 0. The van der Waals surface area contributed by atoms with Gasteiger partial charge in [-0.3, -0.25) is 19.5 Å². The highest BCUT2D eigenvalue weighted by molar-refractivity contribution is 7.22. The minimum atomic E-state index is 0.348. The monoisotopic (exact) mass is 630 g/mol. The van der Waals surface area contributed by atoms with Crippen molar-refractivity contribution in [1.29, 1.82) is 0 Å². The summed E-state index contributed by atoms with van der Waals surface area (Å²) in [6.07, 6.45) is 5.73. The molecule has 0 atom stereocenters. The molecule has 0 bridgehead atoms. The summed E-state index contributed by atoms with van der Waals surface area (Å²) < 4.78 is 15.1. The Balaban J connectivity index is 1.06. The van der Waals surface area contributed by atoms with Crippen molar-refractivity contribution in [2.24, 2.45) is 0 Å². The maximum Gasteiger partial charge on any atom is 0.300 e. The zero-order valence-corrected chi connectivity index (χ0v) is 27.0. The molecule has 0 fully saturated rings. The molecule has 0 unspecified atom stereocenters. The lowest BCUT2D eigenvalue weighted by Crippen LogP contribution is -2.30. The van der Waals surface area contributed by atoms with Crippen LogP contribution in [0.3, 0.4) is 0 Å². The van der Waals surface area contributed by atoms with Crippen LogP contribution >= 0.6 is 11.3 Å². The van der Waals surface area contributed by atoms with Crippen molar-refractivity contribution in [3.8, 4) is 22.1 Å². The van der Waals surface area contributed by atoms with Crippen LogP contribution in [-0.4, -0.2) is 40.9 Å². The summed E-state index contributed by atoms with van der Waals surface area (Å²) in [5.74, 6) is 1.39. The molecule has 0 spiro atoms. The summed E-state index contributed by atoms with van der Waals surface area (Å²) in [5, 5.41) is 11.7. The van der Waals surface area contributed by atoms with Crippen LogP contribution in [0.2, 0.25) is 0 Å². The molecule has 0 aliphatic heterocycles. The Morgan fingerprint density at radius 1 is 0.978 bits per heavy atom. The number of oxazole rings is 1. The number of hydrogen-bond acceptors (Lipinski definition) is 10. The molecule has 0 saturated carbocycles. The van der Waals surface area contributed by atoms with Crippen molar-refractivity contribution < 1.29 is 9.15 Å². The fourth-order valence-electron chi connectivity index (χ4n) is 5.13. The molecule has 5 heterocycles. The van der Waals surface area contributed by atoms with Crippen molar-refractivity contribution in [2.75, 3.05) is 5.32 Å². The maximum absolute atomic E-state index is 6.36. The highest BCUT2D eigenvalue weighted by Gasteiger charge is 2.16. The molecule has 11 heteroatoms. The fourth-order valence-corrected chi connectivity index (χ4v) is 6.17. The minimum Gasteiger partial charge on any atom is -0.456 e. The van der Waals surface area contributed by atoms with Crippen LogP contribution in [0, 0.1) is 6.92 Å². The van der Waals surface area contributed by atoms with Gasteiger partial charge in [0.15, 0.2) is 5.58 Å². The van der Waals surface area contributed by atoms with Crippen LogP contribution in [0.5, 0.6) is 11.5 Å². The molecule has 5 aromatic heterocycles. The Hall–Kier alpha value is -5.13. The van der Waals surface area contributed by atoms with Gasteiger partial charge in [-0.05, 0) is 69.7 Å². The Kier molecular flexibility index (Phi) is 8.17. The van der Waals surface area contributed by atoms with Crippen molar-refractivity contribution >= 4 is 44.4 Å². The zero-order chi connectivity index (χ0) is 31.6. The number of nitrogens with one attached hydrogen (secondary N) is 1. The van der Waals surface area contributed by atoms with E-state index in [2.05, 4.69) is 76.4 Å². The largest absolute Gasteiger partial charge is 0.456 e. The third-order valence-electron chi connectivity index (χ3n) is 7.73. The number of fused-ring (bicyclic) bond motifs is 2.